The minimum Gasteiger partial charge on any atom is -0.381 e. The van der Waals surface area contributed by atoms with Crippen LogP contribution in [0.4, 0.5) is 5.69 Å². The smallest absolute Gasteiger partial charge is 0.0422 e. The normalized spacial score (nSPS) is 9.94. The van der Waals surface area contributed by atoms with Crippen molar-refractivity contribution in [2.45, 2.75) is 6.92 Å². The first-order valence-electron chi connectivity index (χ1n) is 5.80. The van der Waals surface area contributed by atoms with E-state index in [4.69, 9.17) is 0 Å². The van der Waals surface area contributed by atoms with E-state index in [1.54, 1.807) is 0 Å². The first-order chi connectivity index (χ1) is 8.27. The van der Waals surface area contributed by atoms with Crippen LogP contribution in [0.5, 0.6) is 0 Å². The van der Waals surface area contributed by atoms with Crippen LogP contribution in [0.15, 0.2) is 66.7 Å². The van der Waals surface area contributed by atoms with Crippen molar-refractivity contribution in [2.24, 2.45) is 0 Å². The zero-order valence-electron chi connectivity index (χ0n) is 10.1. The topological polar surface area (TPSA) is 12.0 Å². The number of anilines is 1. The van der Waals surface area contributed by atoms with E-state index in [9.17, 15) is 0 Å². The van der Waals surface area contributed by atoms with E-state index in [0.717, 1.165) is 17.8 Å². The number of nitrogens with one attached hydrogen (secondary N) is 1. The highest BCUT2D eigenvalue weighted by molar-refractivity contribution is 5.77. The van der Waals surface area contributed by atoms with Crippen molar-refractivity contribution in [2.75, 3.05) is 11.9 Å². The Hall–Kier alpha value is -2.02. The van der Waals surface area contributed by atoms with Crippen LogP contribution in [-0.4, -0.2) is 6.54 Å². The minimum atomic E-state index is 0.809. The second kappa shape index (κ2) is 5.35. The van der Waals surface area contributed by atoms with Gasteiger partial charge in [0.05, 0.1) is 0 Å². The second-order valence-electron chi connectivity index (χ2n) is 4.22. The highest BCUT2D eigenvalue weighted by Gasteiger charge is 2.02. The third kappa shape index (κ3) is 2.97. The monoisotopic (exact) mass is 223 g/mol. The summed E-state index contributed by atoms with van der Waals surface area (Å²) in [6, 6.07) is 18.8. The predicted molar refractivity (Wildman–Crippen MR) is 75.2 cm³/mol. The quantitative estimate of drug-likeness (QED) is 0.760. The van der Waals surface area contributed by atoms with Gasteiger partial charge in [-0.25, -0.2) is 0 Å². The first-order valence-corrected chi connectivity index (χ1v) is 5.80. The molecule has 0 bridgehead atoms. The molecule has 0 aliphatic heterocycles. The molecule has 0 saturated heterocycles. The highest BCUT2D eigenvalue weighted by atomic mass is 14.9. The van der Waals surface area contributed by atoms with Crippen molar-refractivity contribution in [1.82, 2.24) is 0 Å². The molecule has 1 heteroatoms. The van der Waals surface area contributed by atoms with Gasteiger partial charge in [-0.1, -0.05) is 60.7 Å². The molecule has 0 aromatic heterocycles. The Balaban J connectivity index is 2.31. The van der Waals surface area contributed by atoms with Crippen LogP contribution >= 0.6 is 0 Å². The van der Waals surface area contributed by atoms with E-state index < -0.39 is 0 Å². The molecule has 1 nitrogen and oxygen atoms in total. The lowest BCUT2D eigenvalue weighted by Gasteiger charge is -2.12. The second-order valence-corrected chi connectivity index (χ2v) is 4.22. The Bertz CT molecular complexity index is 500. The zero-order chi connectivity index (χ0) is 12.1. The molecular formula is C16H17N. The molecule has 2 rings (SSSR count). The molecule has 0 aliphatic rings. The van der Waals surface area contributed by atoms with Crippen LogP contribution in [0.2, 0.25) is 0 Å². The van der Waals surface area contributed by atoms with Gasteiger partial charge in [-0.3, -0.25) is 0 Å². The summed E-state index contributed by atoms with van der Waals surface area (Å²) in [5.74, 6) is 0. The fraction of sp³-hybridized carbons (Fsp3) is 0.125. The molecule has 0 radical (unpaired) electrons. The standard InChI is InChI=1S/C16H17N/c1-13(2)12-17-16-11-7-6-10-15(16)14-8-4-3-5-9-14/h3-11,17H,1,12H2,2H3. The molecule has 0 fully saturated rings. The number of para-hydroxylation sites is 1. The molecule has 1 N–H and O–H groups in total. The summed E-state index contributed by atoms with van der Waals surface area (Å²) < 4.78 is 0. The van der Waals surface area contributed by atoms with Crippen molar-refractivity contribution in [3.8, 4) is 11.1 Å². The molecule has 2 aromatic carbocycles. The van der Waals surface area contributed by atoms with Gasteiger partial charge in [0.25, 0.3) is 0 Å². The summed E-state index contributed by atoms with van der Waals surface area (Å²) in [7, 11) is 0. The molecule has 0 aliphatic carbocycles. The first kappa shape index (κ1) is 11.5. The maximum absolute atomic E-state index is 3.91. The number of benzene rings is 2. The van der Waals surface area contributed by atoms with Crippen molar-refractivity contribution < 1.29 is 0 Å². The number of rotatable bonds is 4. The fourth-order valence-electron chi connectivity index (χ4n) is 1.75. The molecule has 0 saturated carbocycles. The van der Waals surface area contributed by atoms with Gasteiger partial charge < -0.3 is 5.32 Å². The molecule has 0 amide bonds. The Morgan fingerprint density at radius 2 is 1.65 bits per heavy atom. The average molecular weight is 223 g/mol. The Morgan fingerprint density at radius 3 is 2.35 bits per heavy atom. The minimum absolute atomic E-state index is 0.809. The molecule has 0 spiro atoms. The van der Waals surface area contributed by atoms with Crippen molar-refractivity contribution >= 4 is 5.69 Å². The lowest BCUT2D eigenvalue weighted by molar-refractivity contribution is 1.22. The van der Waals surface area contributed by atoms with E-state index in [2.05, 4.69) is 54.4 Å². The number of hydrogen-bond donors (Lipinski definition) is 1. The van der Waals surface area contributed by atoms with Gasteiger partial charge in [0.1, 0.15) is 0 Å². The molecule has 2 aromatic rings. The molecule has 17 heavy (non-hydrogen) atoms. The number of hydrogen-bond acceptors (Lipinski definition) is 1. The van der Waals surface area contributed by atoms with Crippen molar-refractivity contribution in [3.05, 3.63) is 66.7 Å². The van der Waals surface area contributed by atoms with Gasteiger partial charge >= 0.3 is 0 Å². The average Bonchev–Trinajstić information content (AvgIpc) is 2.38. The van der Waals surface area contributed by atoms with Gasteiger partial charge in [-0.2, -0.15) is 0 Å². The van der Waals surface area contributed by atoms with Crippen LogP contribution < -0.4 is 5.32 Å². The van der Waals surface area contributed by atoms with Gasteiger partial charge in [0.2, 0.25) is 0 Å². The van der Waals surface area contributed by atoms with Gasteiger partial charge in [0.15, 0.2) is 0 Å². The third-order valence-electron chi connectivity index (χ3n) is 2.59. The summed E-state index contributed by atoms with van der Waals surface area (Å²) in [4.78, 5) is 0. The maximum atomic E-state index is 3.91. The van der Waals surface area contributed by atoms with Crippen molar-refractivity contribution in [1.29, 1.82) is 0 Å². The van der Waals surface area contributed by atoms with Crippen LogP contribution in [-0.2, 0) is 0 Å². The zero-order valence-corrected chi connectivity index (χ0v) is 10.1. The van der Waals surface area contributed by atoms with Crippen molar-refractivity contribution in [3.63, 3.8) is 0 Å². The van der Waals surface area contributed by atoms with E-state index in [1.165, 1.54) is 11.1 Å². The third-order valence-corrected chi connectivity index (χ3v) is 2.59. The van der Waals surface area contributed by atoms with Crippen LogP contribution in [0.1, 0.15) is 6.92 Å². The fourth-order valence-corrected chi connectivity index (χ4v) is 1.75. The summed E-state index contributed by atoms with van der Waals surface area (Å²) in [6.45, 7) is 6.75. The lowest BCUT2D eigenvalue weighted by Crippen LogP contribution is -2.02. The highest BCUT2D eigenvalue weighted by Crippen LogP contribution is 2.27. The largest absolute Gasteiger partial charge is 0.381 e. The Labute approximate surface area is 103 Å². The van der Waals surface area contributed by atoms with Crippen LogP contribution in [0, 0.1) is 0 Å². The van der Waals surface area contributed by atoms with E-state index >= 15 is 0 Å². The lowest BCUT2D eigenvalue weighted by atomic mass is 10.0. The maximum Gasteiger partial charge on any atom is 0.0422 e. The van der Waals surface area contributed by atoms with E-state index in [-0.39, 0.29) is 0 Å². The van der Waals surface area contributed by atoms with Gasteiger partial charge in [-0.15, -0.1) is 0 Å². The predicted octanol–water partition coefficient (Wildman–Crippen LogP) is 4.34. The molecule has 0 heterocycles. The summed E-state index contributed by atoms with van der Waals surface area (Å²) in [5, 5.41) is 3.41. The van der Waals surface area contributed by atoms with Crippen LogP contribution in [0.3, 0.4) is 0 Å². The van der Waals surface area contributed by atoms with E-state index in [0.29, 0.717) is 0 Å². The van der Waals surface area contributed by atoms with E-state index in [1.807, 2.05) is 19.1 Å². The molecule has 86 valence electrons. The Kier molecular flexibility index (Phi) is 3.61. The molecule has 0 unspecified atom stereocenters. The summed E-state index contributed by atoms with van der Waals surface area (Å²) >= 11 is 0. The van der Waals surface area contributed by atoms with Crippen LogP contribution in [0.25, 0.3) is 11.1 Å². The van der Waals surface area contributed by atoms with Gasteiger partial charge in [0, 0.05) is 17.8 Å². The summed E-state index contributed by atoms with van der Waals surface area (Å²) in [6.07, 6.45) is 0. The SMILES string of the molecule is C=C(C)CNc1ccccc1-c1ccccc1. The van der Waals surface area contributed by atoms with Gasteiger partial charge in [-0.05, 0) is 18.6 Å². The summed E-state index contributed by atoms with van der Waals surface area (Å²) in [5.41, 5.74) is 4.75. The molecule has 0 atom stereocenters. The molecular weight excluding hydrogens is 206 g/mol. The Morgan fingerprint density at radius 1 is 1.00 bits per heavy atom.